The lowest BCUT2D eigenvalue weighted by atomic mass is 9.82. The number of nitrogens with one attached hydrogen (secondary N) is 1. The van der Waals surface area contributed by atoms with E-state index in [2.05, 4.69) is 5.32 Å². The number of carboxylic acid groups (broad SMARTS) is 1. The molecule has 3 atom stereocenters. The molecule has 0 bridgehead atoms. The van der Waals surface area contributed by atoms with Crippen LogP contribution in [0.1, 0.15) is 57.8 Å². The molecular weight excluding hydrogens is 256 g/mol. The van der Waals surface area contributed by atoms with Gasteiger partial charge in [0, 0.05) is 6.04 Å². The molecule has 4 N–H and O–H groups in total. The number of hydrogen-bond acceptors (Lipinski definition) is 3. The summed E-state index contributed by atoms with van der Waals surface area (Å²) >= 11 is 0. The zero-order chi connectivity index (χ0) is 14.5. The molecule has 114 valence electrons. The zero-order valence-electron chi connectivity index (χ0n) is 12.0. The lowest BCUT2D eigenvalue weighted by molar-refractivity contribution is -0.144. The highest BCUT2D eigenvalue weighted by Crippen LogP contribution is 2.28. The Morgan fingerprint density at radius 2 is 1.60 bits per heavy atom. The predicted octanol–water partition coefficient (Wildman–Crippen LogP) is 1.65. The SMILES string of the molecule is NC1CCCCC1C(=O)NC(C(=O)O)C1CCCCC1. The third kappa shape index (κ3) is 3.72. The maximum absolute atomic E-state index is 12.3. The minimum Gasteiger partial charge on any atom is -0.480 e. The second-order valence-electron chi connectivity index (χ2n) is 6.28. The van der Waals surface area contributed by atoms with Crippen LogP contribution in [0.3, 0.4) is 0 Å². The first-order chi connectivity index (χ1) is 9.59. The molecule has 2 saturated carbocycles. The molecule has 0 aromatic carbocycles. The molecule has 0 aromatic rings. The van der Waals surface area contributed by atoms with E-state index in [1.54, 1.807) is 0 Å². The van der Waals surface area contributed by atoms with Crippen molar-refractivity contribution in [3.8, 4) is 0 Å². The minimum absolute atomic E-state index is 0.0741. The van der Waals surface area contributed by atoms with Gasteiger partial charge in [0.2, 0.25) is 5.91 Å². The Hall–Kier alpha value is -1.10. The van der Waals surface area contributed by atoms with Gasteiger partial charge in [0.1, 0.15) is 6.04 Å². The van der Waals surface area contributed by atoms with Gasteiger partial charge in [-0.05, 0) is 31.6 Å². The lowest BCUT2D eigenvalue weighted by Gasteiger charge is -2.32. The van der Waals surface area contributed by atoms with Gasteiger partial charge in [0.05, 0.1) is 5.92 Å². The first-order valence-electron chi connectivity index (χ1n) is 7.88. The Balaban J connectivity index is 1.96. The Kier molecular flexibility index (Phi) is 5.40. The zero-order valence-corrected chi connectivity index (χ0v) is 12.0. The third-order valence-electron chi connectivity index (χ3n) is 4.84. The van der Waals surface area contributed by atoms with E-state index in [-0.39, 0.29) is 23.8 Å². The second-order valence-corrected chi connectivity index (χ2v) is 6.28. The maximum Gasteiger partial charge on any atom is 0.326 e. The number of carbonyl (C=O) groups excluding carboxylic acids is 1. The molecule has 1 amide bonds. The van der Waals surface area contributed by atoms with Crippen molar-refractivity contribution < 1.29 is 14.7 Å². The summed E-state index contributed by atoms with van der Waals surface area (Å²) in [7, 11) is 0. The average molecular weight is 282 g/mol. The van der Waals surface area contributed by atoms with Crippen LogP contribution in [-0.4, -0.2) is 29.1 Å². The Morgan fingerprint density at radius 1 is 1.00 bits per heavy atom. The first-order valence-corrected chi connectivity index (χ1v) is 7.88. The van der Waals surface area contributed by atoms with E-state index in [1.165, 1.54) is 6.42 Å². The van der Waals surface area contributed by atoms with Crippen molar-refractivity contribution in [1.29, 1.82) is 0 Å². The Labute approximate surface area is 120 Å². The highest BCUT2D eigenvalue weighted by Gasteiger charge is 2.35. The monoisotopic (exact) mass is 282 g/mol. The maximum atomic E-state index is 12.3. The number of carbonyl (C=O) groups is 2. The molecule has 5 nitrogen and oxygen atoms in total. The van der Waals surface area contributed by atoms with Gasteiger partial charge < -0.3 is 16.2 Å². The first kappa shape index (κ1) is 15.3. The van der Waals surface area contributed by atoms with E-state index < -0.39 is 12.0 Å². The summed E-state index contributed by atoms with van der Waals surface area (Å²) in [4.78, 5) is 23.8. The van der Waals surface area contributed by atoms with E-state index in [0.29, 0.717) is 0 Å². The predicted molar refractivity (Wildman–Crippen MR) is 76.1 cm³/mol. The van der Waals surface area contributed by atoms with Crippen LogP contribution >= 0.6 is 0 Å². The molecular formula is C15H26N2O3. The van der Waals surface area contributed by atoms with Crippen LogP contribution in [-0.2, 0) is 9.59 Å². The topological polar surface area (TPSA) is 92.4 Å². The van der Waals surface area contributed by atoms with Gasteiger partial charge in [-0.25, -0.2) is 4.79 Å². The Bertz CT molecular complexity index is 353. The summed E-state index contributed by atoms with van der Waals surface area (Å²) in [6.45, 7) is 0. The van der Waals surface area contributed by atoms with Crippen molar-refractivity contribution in [3.05, 3.63) is 0 Å². The molecule has 20 heavy (non-hydrogen) atoms. The number of amides is 1. The molecule has 2 aliphatic rings. The summed E-state index contributed by atoms with van der Waals surface area (Å²) in [6, 6.07) is -0.860. The van der Waals surface area contributed by atoms with E-state index >= 15 is 0 Å². The average Bonchev–Trinajstić information content (AvgIpc) is 2.45. The fraction of sp³-hybridized carbons (Fsp3) is 0.867. The van der Waals surface area contributed by atoms with Crippen molar-refractivity contribution in [2.45, 2.75) is 69.9 Å². The van der Waals surface area contributed by atoms with E-state index in [0.717, 1.165) is 51.4 Å². The van der Waals surface area contributed by atoms with Gasteiger partial charge >= 0.3 is 5.97 Å². The molecule has 5 heteroatoms. The minimum atomic E-state index is -0.908. The molecule has 0 radical (unpaired) electrons. The molecule has 0 aliphatic heterocycles. The van der Waals surface area contributed by atoms with E-state index in [4.69, 9.17) is 5.73 Å². The van der Waals surface area contributed by atoms with Crippen LogP contribution in [0.4, 0.5) is 0 Å². The highest BCUT2D eigenvalue weighted by atomic mass is 16.4. The van der Waals surface area contributed by atoms with Crippen molar-refractivity contribution in [1.82, 2.24) is 5.32 Å². The normalized spacial score (nSPS) is 29.6. The standard InChI is InChI=1S/C15H26N2O3/c16-12-9-5-4-8-11(12)14(18)17-13(15(19)20)10-6-2-1-3-7-10/h10-13H,1-9,16H2,(H,17,18)(H,19,20). The van der Waals surface area contributed by atoms with Crippen LogP contribution in [0.15, 0.2) is 0 Å². The van der Waals surface area contributed by atoms with Crippen molar-refractivity contribution in [2.75, 3.05) is 0 Å². The number of aliphatic carboxylic acids is 1. The van der Waals surface area contributed by atoms with Crippen LogP contribution in [0.25, 0.3) is 0 Å². The molecule has 0 saturated heterocycles. The van der Waals surface area contributed by atoms with Crippen LogP contribution in [0, 0.1) is 11.8 Å². The number of rotatable bonds is 4. The van der Waals surface area contributed by atoms with E-state index in [9.17, 15) is 14.7 Å². The van der Waals surface area contributed by atoms with E-state index in [1.807, 2.05) is 0 Å². The van der Waals surface area contributed by atoms with Gasteiger partial charge in [0.15, 0.2) is 0 Å². The highest BCUT2D eigenvalue weighted by molar-refractivity contribution is 5.85. The summed E-state index contributed by atoms with van der Waals surface area (Å²) < 4.78 is 0. The number of hydrogen-bond donors (Lipinski definition) is 3. The molecule has 0 aromatic heterocycles. The van der Waals surface area contributed by atoms with Gasteiger partial charge in [-0.3, -0.25) is 4.79 Å². The van der Waals surface area contributed by atoms with Gasteiger partial charge in [-0.1, -0.05) is 32.1 Å². The number of nitrogens with two attached hydrogens (primary N) is 1. The molecule has 2 fully saturated rings. The Morgan fingerprint density at radius 3 is 2.20 bits per heavy atom. The fourth-order valence-corrected chi connectivity index (χ4v) is 3.59. The molecule has 3 unspecified atom stereocenters. The van der Waals surface area contributed by atoms with Gasteiger partial charge in [-0.15, -0.1) is 0 Å². The quantitative estimate of drug-likeness (QED) is 0.731. The number of carboxylic acids is 1. The van der Waals surface area contributed by atoms with Crippen LogP contribution in [0.5, 0.6) is 0 Å². The van der Waals surface area contributed by atoms with Gasteiger partial charge in [0.25, 0.3) is 0 Å². The summed E-state index contributed by atoms with van der Waals surface area (Å²) in [5, 5.41) is 12.2. The smallest absolute Gasteiger partial charge is 0.326 e. The summed E-state index contributed by atoms with van der Waals surface area (Å²) in [5.74, 6) is -1.20. The second kappa shape index (κ2) is 7.07. The lowest BCUT2D eigenvalue weighted by Crippen LogP contribution is -2.52. The molecule has 0 spiro atoms. The molecule has 2 rings (SSSR count). The van der Waals surface area contributed by atoms with Crippen molar-refractivity contribution >= 4 is 11.9 Å². The van der Waals surface area contributed by atoms with Crippen molar-refractivity contribution in [3.63, 3.8) is 0 Å². The fourth-order valence-electron chi connectivity index (χ4n) is 3.59. The van der Waals surface area contributed by atoms with Gasteiger partial charge in [-0.2, -0.15) is 0 Å². The summed E-state index contributed by atoms with van der Waals surface area (Å²) in [5.41, 5.74) is 6.00. The van der Waals surface area contributed by atoms with Crippen molar-refractivity contribution in [2.24, 2.45) is 17.6 Å². The molecule has 0 heterocycles. The van der Waals surface area contributed by atoms with Crippen LogP contribution < -0.4 is 11.1 Å². The third-order valence-corrected chi connectivity index (χ3v) is 4.84. The summed E-state index contributed by atoms with van der Waals surface area (Å²) in [6.07, 6.45) is 8.80. The van der Waals surface area contributed by atoms with Crippen LogP contribution in [0.2, 0.25) is 0 Å². The molecule has 2 aliphatic carbocycles. The largest absolute Gasteiger partial charge is 0.480 e.